The molecule has 19 heavy (non-hydrogen) atoms. The number of hydrogen-bond acceptors (Lipinski definition) is 4. The fraction of sp³-hybridized carbons (Fsp3) is 0.500. The lowest BCUT2D eigenvalue weighted by molar-refractivity contribution is 0.0730. The topological polar surface area (TPSA) is 75.8 Å². The molecule has 0 aromatic heterocycles. The first-order chi connectivity index (χ1) is 9.11. The number of nitrogens with zero attached hydrogens (tertiary/aromatic N) is 1. The lowest BCUT2D eigenvalue weighted by atomic mass is 10.1. The first-order valence-electron chi connectivity index (χ1n) is 6.57. The second-order valence-electron chi connectivity index (χ2n) is 4.85. The van der Waals surface area contributed by atoms with Gasteiger partial charge >= 0.3 is 0 Å². The van der Waals surface area contributed by atoms with Crippen molar-refractivity contribution in [2.75, 3.05) is 32.0 Å². The number of carbonyl (C=O) groups is 1. The Hall–Kier alpha value is -1.75. The highest BCUT2D eigenvalue weighted by Gasteiger charge is 2.22. The summed E-state index contributed by atoms with van der Waals surface area (Å²) in [5.41, 5.74) is 6.28. The number of carbonyl (C=O) groups excluding carboxylic acids is 1. The van der Waals surface area contributed by atoms with Crippen LogP contribution in [0.5, 0.6) is 5.75 Å². The number of ether oxygens (including phenoxy) is 1. The molecule has 1 aliphatic heterocycles. The molecule has 1 aliphatic rings. The third-order valence-corrected chi connectivity index (χ3v) is 3.45. The Morgan fingerprint density at radius 2 is 2.37 bits per heavy atom. The van der Waals surface area contributed by atoms with Gasteiger partial charge in [0.15, 0.2) is 0 Å². The Kier molecular flexibility index (Phi) is 4.27. The number of hydrogen-bond donors (Lipinski definition) is 2. The molecule has 1 unspecified atom stereocenters. The largest absolute Gasteiger partial charge is 0.506 e. The van der Waals surface area contributed by atoms with Crippen LogP contribution in [0.15, 0.2) is 18.2 Å². The van der Waals surface area contributed by atoms with Crippen molar-refractivity contribution >= 4 is 11.6 Å². The summed E-state index contributed by atoms with van der Waals surface area (Å²) in [5.74, 6) is 0.280. The molecule has 0 saturated carbocycles. The predicted octanol–water partition coefficient (Wildman–Crippen LogP) is 1.47. The maximum Gasteiger partial charge on any atom is 0.253 e. The van der Waals surface area contributed by atoms with E-state index in [0.29, 0.717) is 24.6 Å². The molecule has 2 rings (SSSR count). The molecule has 0 bridgehead atoms. The quantitative estimate of drug-likeness (QED) is 0.638. The van der Waals surface area contributed by atoms with E-state index in [0.717, 1.165) is 19.6 Å². The van der Waals surface area contributed by atoms with Gasteiger partial charge in [-0.2, -0.15) is 0 Å². The number of benzene rings is 1. The fourth-order valence-electron chi connectivity index (χ4n) is 2.25. The minimum Gasteiger partial charge on any atom is -0.506 e. The fourth-order valence-corrected chi connectivity index (χ4v) is 2.25. The Morgan fingerprint density at radius 3 is 2.95 bits per heavy atom. The average Bonchev–Trinajstić information content (AvgIpc) is 2.91. The minimum atomic E-state index is -0.0790. The van der Waals surface area contributed by atoms with Gasteiger partial charge in [0.25, 0.3) is 5.91 Å². The summed E-state index contributed by atoms with van der Waals surface area (Å²) in [5, 5.41) is 9.57. The van der Waals surface area contributed by atoms with Crippen molar-refractivity contribution in [2.45, 2.75) is 13.3 Å². The number of nitrogen functional groups attached to an aromatic ring is 1. The SMILES string of the molecule is CCN(CC1CCOC1)C(=O)c1ccc(N)c(O)c1. The zero-order chi connectivity index (χ0) is 13.8. The molecule has 104 valence electrons. The van der Waals surface area contributed by atoms with Crippen LogP contribution in [0, 0.1) is 5.92 Å². The first-order valence-corrected chi connectivity index (χ1v) is 6.57. The van der Waals surface area contributed by atoms with Crippen molar-refractivity contribution in [3.8, 4) is 5.75 Å². The summed E-state index contributed by atoms with van der Waals surface area (Å²) in [7, 11) is 0. The summed E-state index contributed by atoms with van der Waals surface area (Å²) in [6.07, 6.45) is 0.997. The monoisotopic (exact) mass is 264 g/mol. The van der Waals surface area contributed by atoms with Crippen molar-refractivity contribution < 1.29 is 14.6 Å². The van der Waals surface area contributed by atoms with E-state index < -0.39 is 0 Å². The molecule has 1 atom stereocenters. The molecular weight excluding hydrogens is 244 g/mol. The zero-order valence-corrected chi connectivity index (χ0v) is 11.1. The van der Waals surface area contributed by atoms with Crippen LogP contribution in [0.4, 0.5) is 5.69 Å². The van der Waals surface area contributed by atoms with E-state index in [1.54, 1.807) is 17.0 Å². The van der Waals surface area contributed by atoms with Gasteiger partial charge in [-0.1, -0.05) is 0 Å². The second kappa shape index (κ2) is 5.93. The molecule has 1 aromatic rings. The van der Waals surface area contributed by atoms with Crippen molar-refractivity contribution in [3.05, 3.63) is 23.8 Å². The van der Waals surface area contributed by atoms with E-state index in [9.17, 15) is 9.90 Å². The van der Waals surface area contributed by atoms with Crippen molar-refractivity contribution in [2.24, 2.45) is 5.92 Å². The highest BCUT2D eigenvalue weighted by atomic mass is 16.5. The molecule has 1 saturated heterocycles. The maximum atomic E-state index is 12.4. The van der Waals surface area contributed by atoms with Gasteiger partial charge in [0, 0.05) is 31.2 Å². The van der Waals surface area contributed by atoms with Crippen LogP contribution in [0.2, 0.25) is 0 Å². The molecule has 1 aromatic carbocycles. The van der Waals surface area contributed by atoms with E-state index in [1.807, 2.05) is 6.92 Å². The van der Waals surface area contributed by atoms with E-state index >= 15 is 0 Å². The van der Waals surface area contributed by atoms with Gasteiger partial charge in [0.05, 0.1) is 12.3 Å². The van der Waals surface area contributed by atoms with E-state index in [4.69, 9.17) is 10.5 Å². The van der Waals surface area contributed by atoms with Crippen LogP contribution >= 0.6 is 0 Å². The van der Waals surface area contributed by atoms with Crippen molar-refractivity contribution in [1.82, 2.24) is 4.90 Å². The number of anilines is 1. The number of nitrogens with two attached hydrogens (primary N) is 1. The lowest BCUT2D eigenvalue weighted by Crippen LogP contribution is -2.35. The standard InChI is InChI=1S/C14H20N2O3/c1-2-16(8-10-5-6-19-9-10)14(18)11-3-4-12(15)13(17)7-11/h3-4,7,10,17H,2,5-6,8-9,15H2,1H3. The van der Waals surface area contributed by atoms with Crippen LogP contribution in [0.1, 0.15) is 23.7 Å². The molecule has 5 heteroatoms. The van der Waals surface area contributed by atoms with Crippen LogP contribution < -0.4 is 5.73 Å². The number of amides is 1. The van der Waals surface area contributed by atoms with Gasteiger partial charge in [0.1, 0.15) is 5.75 Å². The summed E-state index contributed by atoms with van der Waals surface area (Å²) in [6.45, 7) is 4.78. The van der Waals surface area contributed by atoms with Crippen molar-refractivity contribution in [3.63, 3.8) is 0 Å². The highest BCUT2D eigenvalue weighted by Crippen LogP contribution is 2.22. The Labute approximate surface area is 113 Å². The van der Waals surface area contributed by atoms with Crippen LogP contribution in [0.3, 0.4) is 0 Å². The summed E-state index contributed by atoms with van der Waals surface area (Å²) in [6, 6.07) is 4.62. The Balaban J connectivity index is 2.08. The zero-order valence-electron chi connectivity index (χ0n) is 11.1. The maximum absolute atomic E-state index is 12.4. The van der Waals surface area contributed by atoms with Crippen LogP contribution in [0.25, 0.3) is 0 Å². The number of phenols is 1. The molecule has 0 radical (unpaired) electrons. The first kappa shape index (κ1) is 13.7. The van der Waals surface area contributed by atoms with Crippen molar-refractivity contribution in [1.29, 1.82) is 0 Å². The molecule has 0 spiro atoms. The molecular formula is C14H20N2O3. The summed E-state index contributed by atoms with van der Waals surface area (Å²) < 4.78 is 5.33. The normalized spacial score (nSPS) is 18.5. The van der Waals surface area contributed by atoms with E-state index in [1.165, 1.54) is 6.07 Å². The second-order valence-corrected chi connectivity index (χ2v) is 4.85. The number of phenolic OH excluding ortho intramolecular Hbond substituents is 1. The van der Waals surface area contributed by atoms with Gasteiger partial charge in [-0.05, 0) is 31.5 Å². The van der Waals surface area contributed by atoms with E-state index in [2.05, 4.69) is 0 Å². The predicted molar refractivity (Wildman–Crippen MR) is 73.0 cm³/mol. The van der Waals surface area contributed by atoms with Gasteiger partial charge in [-0.15, -0.1) is 0 Å². The van der Waals surface area contributed by atoms with Crippen LogP contribution in [-0.2, 0) is 4.74 Å². The number of aromatic hydroxyl groups is 1. The molecule has 5 nitrogen and oxygen atoms in total. The molecule has 1 amide bonds. The molecule has 1 fully saturated rings. The highest BCUT2D eigenvalue weighted by molar-refractivity contribution is 5.95. The van der Waals surface area contributed by atoms with Gasteiger partial charge in [-0.3, -0.25) is 4.79 Å². The van der Waals surface area contributed by atoms with E-state index in [-0.39, 0.29) is 17.3 Å². The third-order valence-electron chi connectivity index (χ3n) is 3.45. The molecule has 3 N–H and O–H groups in total. The molecule has 1 heterocycles. The Morgan fingerprint density at radius 1 is 1.58 bits per heavy atom. The summed E-state index contributed by atoms with van der Waals surface area (Å²) in [4.78, 5) is 14.1. The summed E-state index contributed by atoms with van der Waals surface area (Å²) >= 11 is 0. The van der Waals surface area contributed by atoms with Gasteiger partial charge < -0.3 is 20.5 Å². The van der Waals surface area contributed by atoms with Gasteiger partial charge in [-0.25, -0.2) is 0 Å². The Bertz CT molecular complexity index is 456. The average molecular weight is 264 g/mol. The van der Waals surface area contributed by atoms with Crippen LogP contribution in [-0.4, -0.2) is 42.2 Å². The number of rotatable bonds is 4. The minimum absolute atomic E-state index is 0.0499. The lowest BCUT2D eigenvalue weighted by Gasteiger charge is -2.24. The third kappa shape index (κ3) is 3.17. The van der Waals surface area contributed by atoms with Gasteiger partial charge in [0.2, 0.25) is 0 Å². The molecule has 0 aliphatic carbocycles. The smallest absolute Gasteiger partial charge is 0.253 e.